The number of pyridine rings is 1. The molecule has 0 saturated heterocycles. The smallest absolute Gasteiger partial charge is 0.270 e. The summed E-state index contributed by atoms with van der Waals surface area (Å²) in [5.74, 6) is 0. The number of benzene rings is 2. The minimum atomic E-state index is -3.88. The number of aromatic nitrogens is 2. The van der Waals surface area contributed by atoms with Crippen molar-refractivity contribution in [1.29, 1.82) is 0 Å². The second kappa shape index (κ2) is 11.0. The Kier molecular flexibility index (Phi) is 7.52. The Morgan fingerprint density at radius 1 is 1.16 bits per heavy atom. The highest BCUT2D eigenvalue weighted by Gasteiger charge is 2.30. The predicted molar refractivity (Wildman–Crippen MR) is 147 cm³/mol. The van der Waals surface area contributed by atoms with Crippen LogP contribution in [0.1, 0.15) is 27.7 Å². The quantitative estimate of drug-likeness (QED) is 0.261. The van der Waals surface area contributed by atoms with E-state index in [1.165, 1.54) is 15.6 Å². The summed E-state index contributed by atoms with van der Waals surface area (Å²) in [6.45, 7) is 3.82. The fraction of sp³-hybridized carbons (Fsp3) is 0.259. The molecule has 8 nitrogen and oxygen atoms in total. The highest BCUT2D eigenvalue weighted by atomic mass is 32.2. The van der Waals surface area contributed by atoms with Crippen molar-refractivity contribution in [3.63, 3.8) is 0 Å². The number of nitrogens with zero attached hydrogens (tertiary/aromatic N) is 3. The molecule has 1 unspecified atom stereocenters. The second-order valence-corrected chi connectivity index (χ2v) is 11.9. The van der Waals surface area contributed by atoms with Crippen molar-refractivity contribution in [1.82, 2.24) is 15.3 Å². The van der Waals surface area contributed by atoms with Gasteiger partial charge in [0.05, 0.1) is 16.7 Å². The minimum absolute atomic E-state index is 0.253. The molecule has 1 aliphatic heterocycles. The summed E-state index contributed by atoms with van der Waals surface area (Å²) >= 11 is 1.34. The molecule has 5 rings (SSSR count). The third kappa shape index (κ3) is 5.67. The fourth-order valence-corrected chi connectivity index (χ4v) is 6.78. The monoisotopic (exact) mass is 535 g/mol. The van der Waals surface area contributed by atoms with Crippen molar-refractivity contribution < 1.29 is 13.5 Å². The van der Waals surface area contributed by atoms with Crippen LogP contribution >= 0.6 is 11.3 Å². The summed E-state index contributed by atoms with van der Waals surface area (Å²) in [6, 6.07) is 16.4. The molecular weight excluding hydrogens is 506 g/mol. The number of hydrogen-bond acceptors (Lipinski definition) is 8. The molecule has 0 aliphatic carbocycles. The Balaban J connectivity index is 1.31. The molecule has 192 valence electrons. The normalized spacial score (nSPS) is 13.7. The second-order valence-electron chi connectivity index (χ2n) is 8.94. The average molecular weight is 536 g/mol. The van der Waals surface area contributed by atoms with Crippen molar-refractivity contribution in [2.45, 2.75) is 30.8 Å². The van der Waals surface area contributed by atoms with Crippen molar-refractivity contribution in [3.8, 4) is 0 Å². The first-order valence-corrected chi connectivity index (χ1v) is 14.4. The van der Waals surface area contributed by atoms with E-state index in [0.717, 1.165) is 46.6 Å². The standard InChI is InChI=1S/C27H29N5O3S2/c1-19-16-31-27(36-19)32(37(34,35)24-8-9-25-21(15-24)11-14-30-25)23-6-4-20(5-7-23)10-13-29-18-26(33)22-3-2-12-28-17-22/h2-9,12,15-17,26,29-30,33H,10-11,13-14,18H2,1H3. The molecule has 0 spiro atoms. The van der Waals surface area contributed by atoms with Crippen LogP contribution in [-0.4, -0.2) is 43.1 Å². The number of rotatable bonds is 10. The van der Waals surface area contributed by atoms with Crippen molar-refractivity contribution in [2.75, 3.05) is 29.3 Å². The highest BCUT2D eigenvalue weighted by molar-refractivity contribution is 7.93. The van der Waals surface area contributed by atoms with E-state index < -0.39 is 16.1 Å². The van der Waals surface area contributed by atoms with Gasteiger partial charge in [-0.3, -0.25) is 4.98 Å². The summed E-state index contributed by atoms with van der Waals surface area (Å²) < 4.78 is 29.0. The molecule has 0 saturated carbocycles. The molecule has 10 heteroatoms. The molecule has 0 fully saturated rings. The summed E-state index contributed by atoms with van der Waals surface area (Å²) in [5, 5.41) is 17.2. The number of anilines is 3. The predicted octanol–water partition coefficient (Wildman–Crippen LogP) is 4.21. The maximum Gasteiger partial charge on any atom is 0.270 e. The maximum atomic E-state index is 13.9. The van der Waals surface area contributed by atoms with E-state index in [-0.39, 0.29) is 4.90 Å². The van der Waals surface area contributed by atoms with Gasteiger partial charge in [-0.05, 0) is 73.8 Å². The van der Waals surface area contributed by atoms with E-state index in [1.54, 1.807) is 36.8 Å². The van der Waals surface area contributed by atoms with E-state index in [0.29, 0.717) is 23.9 Å². The first-order chi connectivity index (χ1) is 17.9. The Bertz CT molecular complexity index is 1460. The fourth-order valence-electron chi connectivity index (χ4n) is 4.30. The lowest BCUT2D eigenvalue weighted by Crippen LogP contribution is -2.26. The Hall–Kier alpha value is -3.31. The van der Waals surface area contributed by atoms with Crippen LogP contribution in [0.2, 0.25) is 0 Å². The third-order valence-electron chi connectivity index (χ3n) is 6.28. The van der Waals surface area contributed by atoms with E-state index in [9.17, 15) is 13.5 Å². The first-order valence-electron chi connectivity index (χ1n) is 12.1. The maximum absolute atomic E-state index is 13.9. The van der Waals surface area contributed by atoms with Crippen LogP contribution in [0.3, 0.4) is 0 Å². The van der Waals surface area contributed by atoms with Gasteiger partial charge >= 0.3 is 0 Å². The van der Waals surface area contributed by atoms with Gasteiger partial charge in [-0.1, -0.05) is 18.2 Å². The number of hydrogen-bond donors (Lipinski definition) is 3. The Labute approximate surface area is 221 Å². The van der Waals surface area contributed by atoms with Gasteiger partial charge in [-0.15, -0.1) is 11.3 Å². The summed E-state index contributed by atoms with van der Waals surface area (Å²) in [6.07, 6.45) is 5.95. The van der Waals surface area contributed by atoms with Gasteiger partial charge in [0.1, 0.15) is 0 Å². The van der Waals surface area contributed by atoms with Crippen molar-refractivity contribution in [3.05, 3.63) is 94.8 Å². The topological polar surface area (TPSA) is 107 Å². The molecule has 1 aliphatic rings. The van der Waals surface area contributed by atoms with Gasteiger partial charge in [0.2, 0.25) is 5.13 Å². The number of thiazole rings is 1. The zero-order valence-electron chi connectivity index (χ0n) is 20.5. The number of aliphatic hydroxyl groups excluding tert-OH is 1. The molecular formula is C27H29N5O3S2. The lowest BCUT2D eigenvalue weighted by molar-refractivity contribution is 0.174. The molecule has 3 N–H and O–H groups in total. The van der Waals surface area contributed by atoms with Gasteiger partial charge in [0.25, 0.3) is 10.0 Å². The molecule has 0 radical (unpaired) electrons. The Morgan fingerprint density at radius 2 is 2.00 bits per heavy atom. The zero-order valence-corrected chi connectivity index (χ0v) is 22.1. The third-order valence-corrected chi connectivity index (χ3v) is 9.00. The number of sulfonamides is 1. The molecule has 2 aromatic carbocycles. The highest BCUT2D eigenvalue weighted by Crippen LogP contribution is 2.36. The number of aryl methyl sites for hydroxylation is 1. The van der Waals surface area contributed by atoms with Crippen LogP contribution in [-0.2, 0) is 22.9 Å². The molecule has 37 heavy (non-hydrogen) atoms. The first kappa shape index (κ1) is 25.3. The summed E-state index contributed by atoms with van der Waals surface area (Å²) in [7, 11) is -3.88. The van der Waals surface area contributed by atoms with Gasteiger partial charge in [0, 0.05) is 47.8 Å². The molecule has 0 amide bonds. The SMILES string of the molecule is Cc1cnc(N(c2ccc(CCNCC(O)c3cccnc3)cc2)S(=O)(=O)c2ccc3c(c2)CCN3)s1. The van der Waals surface area contributed by atoms with Crippen LogP contribution in [0.5, 0.6) is 0 Å². The van der Waals surface area contributed by atoms with Crippen LogP contribution in [0, 0.1) is 6.92 Å². The van der Waals surface area contributed by atoms with Gasteiger partial charge < -0.3 is 15.7 Å². The largest absolute Gasteiger partial charge is 0.387 e. The van der Waals surface area contributed by atoms with E-state index in [1.807, 2.05) is 43.3 Å². The summed E-state index contributed by atoms with van der Waals surface area (Å²) in [5.41, 5.74) is 4.37. The average Bonchev–Trinajstić information content (AvgIpc) is 3.56. The zero-order chi connectivity index (χ0) is 25.8. The number of fused-ring (bicyclic) bond motifs is 1. The molecule has 1 atom stereocenters. The minimum Gasteiger partial charge on any atom is -0.387 e. The Morgan fingerprint density at radius 3 is 2.73 bits per heavy atom. The van der Waals surface area contributed by atoms with Crippen LogP contribution in [0.15, 0.2) is 78.1 Å². The van der Waals surface area contributed by atoms with Gasteiger partial charge in [-0.2, -0.15) is 0 Å². The van der Waals surface area contributed by atoms with E-state index in [4.69, 9.17) is 0 Å². The van der Waals surface area contributed by atoms with E-state index in [2.05, 4.69) is 20.6 Å². The molecule has 0 bridgehead atoms. The lowest BCUT2D eigenvalue weighted by Gasteiger charge is -2.22. The van der Waals surface area contributed by atoms with Gasteiger partial charge in [-0.25, -0.2) is 17.7 Å². The number of aliphatic hydroxyl groups is 1. The molecule has 4 aromatic rings. The van der Waals surface area contributed by atoms with Crippen molar-refractivity contribution >= 4 is 37.9 Å². The lowest BCUT2D eigenvalue weighted by atomic mass is 10.1. The molecule has 3 heterocycles. The van der Waals surface area contributed by atoms with Crippen LogP contribution in [0.4, 0.5) is 16.5 Å². The van der Waals surface area contributed by atoms with Crippen LogP contribution in [0.25, 0.3) is 0 Å². The van der Waals surface area contributed by atoms with E-state index >= 15 is 0 Å². The van der Waals surface area contributed by atoms with Crippen LogP contribution < -0.4 is 14.9 Å². The summed E-state index contributed by atoms with van der Waals surface area (Å²) in [4.78, 5) is 9.62. The molecule has 2 aromatic heterocycles. The number of nitrogens with one attached hydrogen (secondary N) is 2. The van der Waals surface area contributed by atoms with Crippen molar-refractivity contribution in [2.24, 2.45) is 0 Å². The van der Waals surface area contributed by atoms with Gasteiger partial charge in [0.15, 0.2) is 0 Å².